The average Bonchev–Trinajstić information content (AvgIpc) is 2.46. The molecule has 0 saturated heterocycles. The molecule has 0 heterocycles. The summed E-state index contributed by atoms with van der Waals surface area (Å²) in [5.41, 5.74) is 0.945. The lowest BCUT2D eigenvalue weighted by Crippen LogP contribution is -2.09. The number of methoxy groups -OCH3 is 1. The number of benzene rings is 1. The second kappa shape index (κ2) is 8.47. The van der Waals surface area contributed by atoms with Crippen LogP contribution in [0, 0.1) is 6.92 Å². The highest BCUT2D eigenvalue weighted by Gasteiger charge is 2.16. The van der Waals surface area contributed by atoms with Crippen molar-refractivity contribution in [1.29, 1.82) is 0 Å². The number of ether oxygens (including phenoxy) is 1. The highest BCUT2D eigenvalue weighted by Crippen LogP contribution is 2.16. The van der Waals surface area contributed by atoms with Crippen molar-refractivity contribution in [3.05, 3.63) is 41.7 Å². The van der Waals surface area contributed by atoms with E-state index in [2.05, 4.69) is 4.74 Å². The summed E-state index contributed by atoms with van der Waals surface area (Å²) in [4.78, 5) is 22.4. The third-order valence-corrected chi connectivity index (χ3v) is 4.31. The summed E-state index contributed by atoms with van der Waals surface area (Å²) in [5, 5.41) is 0. The molecule has 7 heteroatoms. The fourth-order valence-corrected chi connectivity index (χ4v) is 2.70. The van der Waals surface area contributed by atoms with Gasteiger partial charge in [0.25, 0.3) is 0 Å². The number of carbonyl (C=O) groups excluding carboxylic acids is 2. The van der Waals surface area contributed by atoms with Crippen molar-refractivity contribution in [2.45, 2.75) is 38.0 Å². The number of aryl methyl sites for hydroxylation is 1. The topological polar surface area (TPSA) is 86.7 Å². The molecular formula is C16H20O6S. The Morgan fingerprint density at radius 3 is 2.35 bits per heavy atom. The van der Waals surface area contributed by atoms with Gasteiger partial charge in [-0.3, -0.25) is 9.59 Å². The van der Waals surface area contributed by atoms with Crippen molar-refractivity contribution in [2.24, 2.45) is 0 Å². The molecule has 0 aliphatic rings. The van der Waals surface area contributed by atoms with Crippen LogP contribution in [0.2, 0.25) is 0 Å². The van der Waals surface area contributed by atoms with Crippen LogP contribution in [-0.2, 0) is 28.6 Å². The zero-order chi connectivity index (χ0) is 17.5. The van der Waals surface area contributed by atoms with Crippen molar-refractivity contribution < 1.29 is 26.9 Å². The van der Waals surface area contributed by atoms with Crippen LogP contribution in [0.1, 0.15) is 31.7 Å². The number of carbonyl (C=O) groups is 2. The standard InChI is InChI=1S/C16H20O6S/c1-12-7-9-15(10-8-12)23(19,20)22-13(2)5-4-6-14(17)11-16(18)21-3/h5,7-10H,4,6,11H2,1-3H3/b13-5+. The first-order valence-electron chi connectivity index (χ1n) is 7.01. The van der Waals surface area contributed by atoms with Gasteiger partial charge in [-0.1, -0.05) is 17.7 Å². The Bertz CT molecular complexity index is 686. The summed E-state index contributed by atoms with van der Waals surface area (Å²) in [6.07, 6.45) is 1.61. The first kappa shape index (κ1) is 18.9. The molecule has 6 nitrogen and oxygen atoms in total. The Kier molecular flexibility index (Phi) is 6.96. The molecular weight excluding hydrogens is 320 g/mol. The molecule has 1 rings (SSSR count). The Morgan fingerprint density at radius 1 is 1.17 bits per heavy atom. The molecule has 0 spiro atoms. The quantitative estimate of drug-likeness (QED) is 0.313. The minimum Gasteiger partial charge on any atom is -0.469 e. The second-order valence-electron chi connectivity index (χ2n) is 5.00. The van der Waals surface area contributed by atoms with Crippen LogP contribution in [0.3, 0.4) is 0 Å². The van der Waals surface area contributed by atoms with Crippen LogP contribution < -0.4 is 0 Å². The molecule has 0 bridgehead atoms. The molecule has 126 valence electrons. The third-order valence-electron chi connectivity index (χ3n) is 2.97. The maximum absolute atomic E-state index is 12.0. The van der Waals surface area contributed by atoms with Crippen LogP contribution in [0.15, 0.2) is 41.0 Å². The summed E-state index contributed by atoms with van der Waals surface area (Å²) >= 11 is 0. The van der Waals surface area contributed by atoms with Gasteiger partial charge in [0.2, 0.25) is 0 Å². The monoisotopic (exact) mass is 340 g/mol. The highest BCUT2D eigenvalue weighted by atomic mass is 32.2. The zero-order valence-corrected chi connectivity index (χ0v) is 14.2. The number of esters is 1. The van der Waals surface area contributed by atoms with E-state index in [1.54, 1.807) is 12.1 Å². The van der Waals surface area contributed by atoms with E-state index >= 15 is 0 Å². The Balaban J connectivity index is 2.57. The van der Waals surface area contributed by atoms with Gasteiger partial charge >= 0.3 is 16.1 Å². The third kappa shape index (κ3) is 6.65. The Labute approximate surface area is 136 Å². The zero-order valence-electron chi connectivity index (χ0n) is 13.4. The smallest absolute Gasteiger partial charge is 0.338 e. The highest BCUT2D eigenvalue weighted by molar-refractivity contribution is 7.86. The first-order valence-corrected chi connectivity index (χ1v) is 8.42. The van der Waals surface area contributed by atoms with E-state index in [1.807, 2.05) is 6.92 Å². The van der Waals surface area contributed by atoms with Gasteiger partial charge in [0.1, 0.15) is 22.9 Å². The van der Waals surface area contributed by atoms with Gasteiger partial charge in [0, 0.05) is 6.42 Å². The Morgan fingerprint density at radius 2 is 1.78 bits per heavy atom. The van der Waals surface area contributed by atoms with Crippen LogP contribution in [-0.4, -0.2) is 27.3 Å². The molecule has 0 N–H and O–H groups in total. The maximum atomic E-state index is 12.0. The molecule has 0 atom stereocenters. The van der Waals surface area contributed by atoms with E-state index in [0.29, 0.717) is 0 Å². The average molecular weight is 340 g/mol. The molecule has 0 amide bonds. The molecule has 0 fully saturated rings. The molecule has 0 unspecified atom stereocenters. The van der Waals surface area contributed by atoms with Crippen LogP contribution in [0.4, 0.5) is 0 Å². The summed E-state index contributed by atoms with van der Waals surface area (Å²) < 4.78 is 33.5. The summed E-state index contributed by atoms with van der Waals surface area (Å²) in [6, 6.07) is 6.30. The van der Waals surface area contributed by atoms with Crippen molar-refractivity contribution in [2.75, 3.05) is 7.11 Å². The van der Waals surface area contributed by atoms with Crippen LogP contribution in [0.5, 0.6) is 0 Å². The van der Waals surface area contributed by atoms with E-state index in [0.717, 1.165) is 5.56 Å². The van der Waals surface area contributed by atoms with Gasteiger partial charge in [0.15, 0.2) is 0 Å². The fraction of sp³-hybridized carbons (Fsp3) is 0.375. The number of rotatable bonds is 8. The van der Waals surface area contributed by atoms with Crippen molar-refractivity contribution in [1.82, 2.24) is 0 Å². The van der Waals surface area contributed by atoms with Gasteiger partial charge < -0.3 is 8.92 Å². The number of hydrogen-bond acceptors (Lipinski definition) is 6. The van der Waals surface area contributed by atoms with E-state index < -0.39 is 16.1 Å². The summed E-state index contributed by atoms with van der Waals surface area (Å²) in [6.45, 7) is 3.35. The van der Waals surface area contributed by atoms with Crippen LogP contribution >= 0.6 is 0 Å². The van der Waals surface area contributed by atoms with E-state index in [1.165, 1.54) is 32.2 Å². The van der Waals surface area contributed by atoms with Crippen LogP contribution in [0.25, 0.3) is 0 Å². The minimum atomic E-state index is -3.88. The molecule has 0 aliphatic heterocycles. The molecule has 1 aromatic carbocycles. The van der Waals surface area contributed by atoms with Gasteiger partial charge in [0.05, 0.1) is 7.11 Å². The number of ketones is 1. The SMILES string of the molecule is COC(=O)CC(=O)CC/C=C(\C)OS(=O)(=O)c1ccc(C)cc1. The second-order valence-corrected chi connectivity index (χ2v) is 6.54. The van der Waals surface area contributed by atoms with Gasteiger partial charge in [-0.05, 0) is 38.5 Å². The van der Waals surface area contributed by atoms with E-state index in [4.69, 9.17) is 4.18 Å². The largest absolute Gasteiger partial charge is 0.469 e. The molecule has 23 heavy (non-hydrogen) atoms. The first-order chi connectivity index (χ1) is 10.7. The number of hydrogen-bond donors (Lipinski definition) is 0. The van der Waals surface area contributed by atoms with Gasteiger partial charge in [-0.25, -0.2) is 0 Å². The molecule has 1 aromatic rings. The van der Waals surface area contributed by atoms with Crippen molar-refractivity contribution in [3.63, 3.8) is 0 Å². The molecule has 0 aliphatic carbocycles. The normalized spacial score (nSPS) is 11.9. The van der Waals surface area contributed by atoms with Gasteiger partial charge in [-0.2, -0.15) is 8.42 Å². The number of allylic oxidation sites excluding steroid dienone is 2. The lowest BCUT2D eigenvalue weighted by atomic mass is 10.1. The predicted molar refractivity (Wildman–Crippen MR) is 84.1 cm³/mol. The van der Waals surface area contributed by atoms with E-state index in [9.17, 15) is 18.0 Å². The fourth-order valence-electron chi connectivity index (χ4n) is 1.72. The summed E-state index contributed by atoms with van der Waals surface area (Å²) in [7, 11) is -2.67. The maximum Gasteiger partial charge on any atom is 0.338 e. The predicted octanol–water partition coefficient (Wildman–Crippen LogP) is 2.52. The molecule has 0 radical (unpaired) electrons. The molecule has 0 saturated carbocycles. The number of Topliss-reactive ketones (excluding diaryl/α,β-unsaturated/α-hetero) is 1. The molecule has 0 aromatic heterocycles. The lowest BCUT2D eigenvalue weighted by Gasteiger charge is -2.07. The van der Waals surface area contributed by atoms with Crippen molar-refractivity contribution in [3.8, 4) is 0 Å². The van der Waals surface area contributed by atoms with Gasteiger partial charge in [-0.15, -0.1) is 0 Å². The lowest BCUT2D eigenvalue weighted by molar-refractivity contribution is -0.143. The van der Waals surface area contributed by atoms with E-state index in [-0.39, 0.29) is 35.7 Å². The summed E-state index contributed by atoms with van der Waals surface area (Å²) in [5.74, 6) is -0.687. The Hall–Kier alpha value is -2.15. The minimum absolute atomic E-state index is 0.0672. The van der Waals surface area contributed by atoms with Crippen molar-refractivity contribution >= 4 is 21.9 Å².